The predicted octanol–water partition coefficient (Wildman–Crippen LogP) is 1.55. The summed E-state index contributed by atoms with van der Waals surface area (Å²) in [6.07, 6.45) is 1.75. The van der Waals surface area contributed by atoms with Crippen molar-refractivity contribution in [2.75, 3.05) is 53.4 Å². The summed E-state index contributed by atoms with van der Waals surface area (Å²) in [5.41, 5.74) is 1.07. The van der Waals surface area contributed by atoms with Crippen molar-refractivity contribution in [3.05, 3.63) is 42.5 Å². The third-order valence-corrected chi connectivity index (χ3v) is 4.57. The maximum absolute atomic E-state index is 5.72. The molecule has 1 aliphatic rings. The van der Waals surface area contributed by atoms with Gasteiger partial charge in [0.15, 0.2) is 5.96 Å². The van der Waals surface area contributed by atoms with Crippen LogP contribution in [0, 0.1) is 0 Å². The highest BCUT2D eigenvalue weighted by atomic mass is 16.5. The fourth-order valence-corrected chi connectivity index (χ4v) is 2.97. The Hall–Kier alpha value is -2.05. The van der Waals surface area contributed by atoms with Crippen LogP contribution in [0.1, 0.15) is 12.5 Å². The van der Waals surface area contributed by atoms with Crippen LogP contribution in [0.25, 0.3) is 0 Å². The molecule has 144 valence electrons. The molecule has 2 N–H and O–H groups in total. The second kappa shape index (κ2) is 10.8. The van der Waals surface area contributed by atoms with E-state index in [1.807, 2.05) is 18.2 Å². The summed E-state index contributed by atoms with van der Waals surface area (Å²) in [5, 5.41) is 6.82. The first-order valence-corrected chi connectivity index (χ1v) is 9.36. The Labute approximate surface area is 157 Å². The third-order valence-electron chi connectivity index (χ3n) is 4.57. The highest BCUT2D eigenvalue weighted by Crippen LogP contribution is 2.18. The molecule has 6 heteroatoms. The predicted molar refractivity (Wildman–Crippen MR) is 109 cm³/mol. The van der Waals surface area contributed by atoms with E-state index < -0.39 is 0 Å². The van der Waals surface area contributed by atoms with Gasteiger partial charge in [0.2, 0.25) is 0 Å². The lowest BCUT2D eigenvalue weighted by atomic mass is 10.2. The number of nitrogens with zero attached hydrogens (tertiary/aromatic N) is 3. The van der Waals surface area contributed by atoms with Crippen molar-refractivity contribution in [3.63, 3.8) is 0 Å². The lowest BCUT2D eigenvalue weighted by molar-refractivity contribution is 0.116. The summed E-state index contributed by atoms with van der Waals surface area (Å²) in [5.74, 6) is 1.70. The van der Waals surface area contributed by atoms with E-state index in [1.54, 1.807) is 6.08 Å². The number of para-hydroxylation sites is 1. The molecule has 1 saturated heterocycles. The summed E-state index contributed by atoms with van der Waals surface area (Å²) >= 11 is 0. The third kappa shape index (κ3) is 6.35. The Balaban J connectivity index is 1.97. The van der Waals surface area contributed by atoms with Crippen LogP contribution in [0.15, 0.2) is 41.9 Å². The molecule has 0 amide bonds. The Kier molecular flexibility index (Phi) is 8.44. The van der Waals surface area contributed by atoms with Crippen LogP contribution >= 0.6 is 0 Å². The molecule has 1 aliphatic heterocycles. The van der Waals surface area contributed by atoms with Crippen LogP contribution < -0.4 is 15.4 Å². The number of nitrogens with one attached hydrogen (secondary N) is 2. The molecular weight excluding hydrogens is 326 g/mol. The van der Waals surface area contributed by atoms with Crippen molar-refractivity contribution in [1.82, 2.24) is 20.4 Å². The molecule has 1 aromatic carbocycles. The molecular formula is C20H33N5O. The molecule has 0 bridgehead atoms. The molecule has 26 heavy (non-hydrogen) atoms. The standard InChI is InChI=1S/C20H33N5O/c1-5-13-26-19-10-8-7-9-17(19)14-22-20(21-6-2)23-15-18-16-24(3)11-12-25(18)4/h5,7-10,18H,1,6,11-16H2,2-4H3,(H2,21,22,23). The fourth-order valence-electron chi connectivity index (χ4n) is 2.97. The largest absolute Gasteiger partial charge is 0.489 e. The maximum Gasteiger partial charge on any atom is 0.191 e. The van der Waals surface area contributed by atoms with Crippen LogP contribution in [0.5, 0.6) is 5.75 Å². The fraction of sp³-hybridized carbons (Fsp3) is 0.550. The second-order valence-corrected chi connectivity index (χ2v) is 6.68. The average molecular weight is 360 g/mol. The number of guanidine groups is 1. The zero-order valence-electron chi connectivity index (χ0n) is 16.4. The monoisotopic (exact) mass is 359 g/mol. The number of hydrogen-bond acceptors (Lipinski definition) is 4. The molecule has 1 fully saturated rings. The molecule has 1 aromatic rings. The van der Waals surface area contributed by atoms with Gasteiger partial charge in [0.25, 0.3) is 0 Å². The zero-order valence-corrected chi connectivity index (χ0v) is 16.4. The van der Waals surface area contributed by atoms with E-state index in [9.17, 15) is 0 Å². The minimum atomic E-state index is 0.487. The van der Waals surface area contributed by atoms with Crippen molar-refractivity contribution in [2.24, 2.45) is 4.99 Å². The van der Waals surface area contributed by atoms with E-state index in [-0.39, 0.29) is 0 Å². The van der Waals surface area contributed by atoms with Gasteiger partial charge in [-0.05, 0) is 27.1 Å². The van der Waals surface area contributed by atoms with E-state index in [4.69, 9.17) is 9.73 Å². The molecule has 0 aliphatic carbocycles. The number of likely N-dealkylation sites (N-methyl/N-ethyl adjacent to an activating group) is 2. The lowest BCUT2D eigenvalue weighted by Gasteiger charge is -2.37. The number of benzene rings is 1. The van der Waals surface area contributed by atoms with Gasteiger partial charge in [-0.15, -0.1) is 0 Å². The lowest BCUT2D eigenvalue weighted by Crippen LogP contribution is -2.55. The molecule has 0 saturated carbocycles. The molecule has 2 rings (SSSR count). The van der Waals surface area contributed by atoms with Gasteiger partial charge in [-0.25, -0.2) is 4.99 Å². The van der Waals surface area contributed by atoms with Crippen LogP contribution in [-0.4, -0.2) is 75.2 Å². The summed E-state index contributed by atoms with van der Waals surface area (Å²) in [6.45, 7) is 11.9. The maximum atomic E-state index is 5.72. The number of ether oxygens (including phenoxy) is 1. The quantitative estimate of drug-likeness (QED) is 0.419. The van der Waals surface area contributed by atoms with Crippen molar-refractivity contribution in [2.45, 2.75) is 19.5 Å². The molecule has 0 radical (unpaired) electrons. The Morgan fingerprint density at radius 1 is 1.31 bits per heavy atom. The summed E-state index contributed by atoms with van der Waals surface area (Å²) < 4.78 is 5.72. The number of piperazine rings is 1. The van der Waals surface area contributed by atoms with Gasteiger partial charge in [-0.1, -0.05) is 30.9 Å². The van der Waals surface area contributed by atoms with Gasteiger partial charge in [0.1, 0.15) is 12.4 Å². The second-order valence-electron chi connectivity index (χ2n) is 6.68. The summed E-state index contributed by atoms with van der Waals surface area (Å²) in [7, 11) is 4.37. The number of hydrogen-bond donors (Lipinski definition) is 2. The van der Waals surface area contributed by atoms with Gasteiger partial charge in [-0.3, -0.25) is 4.90 Å². The van der Waals surface area contributed by atoms with Crippen molar-refractivity contribution in [3.8, 4) is 5.75 Å². The minimum absolute atomic E-state index is 0.487. The normalized spacial score (nSPS) is 19.2. The van der Waals surface area contributed by atoms with Crippen molar-refractivity contribution < 1.29 is 4.74 Å². The topological polar surface area (TPSA) is 52.1 Å². The van der Waals surface area contributed by atoms with Gasteiger partial charge in [0, 0.05) is 44.3 Å². The SMILES string of the molecule is C=CCOc1ccccc1CN=C(NCC)NCC1CN(C)CCN1C. The van der Waals surface area contributed by atoms with Crippen LogP contribution in [0.2, 0.25) is 0 Å². The molecule has 1 heterocycles. The summed E-state index contributed by atoms with van der Waals surface area (Å²) in [6, 6.07) is 8.50. The first kappa shape index (κ1) is 20.3. The molecule has 1 unspecified atom stereocenters. The van der Waals surface area contributed by atoms with Crippen LogP contribution in [0.3, 0.4) is 0 Å². The number of aliphatic imine (C=N–C) groups is 1. The van der Waals surface area contributed by atoms with Gasteiger partial charge in [-0.2, -0.15) is 0 Å². The molecule has 0 spiro atoms. The Morgan fingerprint density at radius 2 is 2.12 bits per heavy atom. The van der Waals surface area contributed by atoms with E-state index in [2.05, 4.69) is 54.1 Å². The van der Waals surface area contributed by atoms with E-state index in [0.29, 0.717) is 19.2 Å². The van der Waals surface area contributed by atoms with Gasteiger partial charge >= 0.3 is 0 Å². The highest BCUT2D eigenvalue weighted by molar-refractivity contribution is 5.79. The minimum Gasteiger partial charge on any atom is -0.489 e. The first-order chi connectivity index (χ1) is 12.6. The Morgan fingerprint density at radius 3 is 2.88 bits per heavy atom. The van der Waals surface area contributed by atoms with Crippen molar-refractivity contribution >= 4 is 5.96 Å². The van der Waals surface area contributed by atoms with E-state index in [1.165, 1.54) is 0 Å². The molecule has 0 aromatic heterocycles. The van der Waals surface area contributed by atoms with E-state index in [0.717, 1.165) is 50.0 Å². The van der Waals surface area contributed by atoms with Gasteiger partial charge < -0.3 is 20.3 Å². The van der Waals surface area contributed by atoms with Crippen molar-refractivity contribution in [1.29, 1.82) is 0 Å². The summed E-state index contributed by atoms with van der Waals surface area (Å²) in [4.78, 5) is 9.53. The van der Waals surface area contributed by atoms with Crippen LogP contribution in [0.4, 0.5) is 0 Å². The van der Waals surface area contributed by atoms with Crippen LogP contribution in [-0.2, 0) is 6.54 Å². The molecule has 1 atom stereocenters. The van der Waals surface area contributed by atoms with Gasteiger partial charge in [0.05, 0.1) is 6.54 Å². The molecule has 6 nitrogen and oxygen atoms in total. The Bertz CT molecular complexity index is 589. The zero-order chi connectivity index (χ0) is 18.8. The van der Waals surface area contributed by atoms with E-state index >= 15 is 0 Å². The first-order valence-electron chi connectivity index (χ1n) is 9.36. The number of rotatable bonds is 8. The average Bonchev–Trinajstić information content (AvgIpc) is 2.65. The smallest absolute Gasteiger partial charge is 0.191 e. The highest BCUT2D eigenvalue weighted by Gasteiger charge is 2.22.